The fourth-order valence-corrected chi connectivity index (χ4v) is 6.30. The van der Waals surface area contributed by atoms with Gasteiger partial charge in [0.05, 0.1) is 24.6 Å². The number of allylic oxidation sites excluding steroid dienone is 1. The third-order valence-electron chi connectivity index (χ3n) is 2.89. The highest BCUT2D eigenvalue weighted by Gasteiger charge is 2.34. The molecule has 0 amide bonds. The SMILES string of the molecule is C=CC[P+](CCCO)(CCCO)CCCO.[Cl-]. The van der Waals surface area contributed by atoms with Crippen LogP contribution in [0.4, 0.5) is 0 Å². The molecule has 0 aromatic rings. The van der Waals surface area contributed by atoms with E-state index in [0.29, 0.717) is 0 Å². The summed E-state index contributed by atoms with van der Waals surface area (Å²) in [5.74, 6) is 0. The highest BCUT2D eigenvalue weighted by atomic mass is 35.5. The molecule has 5 heteroatoms. The van der Waals surface area contributed by atoms with Gasteiger partial charge in [-0.25, -0.2) is 0 Å². The van der Waals surface area contributed by atoms with Crippen LogP contribution in [-0.2, 0) is 0 Å². The van der Waals surface area contributed by atoms with Crippen molar-refractivity contribution in [3.8, 4) is 0 Å². The van der Waals surface area contributed by atoms with E-state index in [4.69, 9.17) is 15.3 Å². The molecule has 0 unspecified atom stereocenters. The maximum atomic E-state index is 8.94. The van der Waals surface area contributed by atoms with Crippen LogP contribution in [0.2, 0.25) is 0 Å². The third kappa shape index (κ3) is 8.98. The van der Waals surface area contributed by atoms with Gasteiger partial charge in [-0.15, -0.1) is 0 Å². The third-order valence-corrected chi connectivity index (χ3v) is 7.72. The molecule has 0 heterocycles. The Balaban J connectivity index is 0. The quantitative estimate of drug-likeness (QED) is 0.314. The van der Waals surface area contributed by atoms with E-state index in [1.165, 1.54) is 0 Å². The normalized spacial score (nSPS) is 11.0. The summed E-state index contributed by atoms with van der Waals surface area (Å²) in [6, 6.07) is 0. The minimum atomic E-state index is -1.14. The first-order chi connectivity index (χ1) is 7.74. The minimum absolute atomic E-state index is 0. The lowest BCUT2D eigenvalue weighted by atomic mass is 10.5. The van der Waals surface area contributed by atoms with Gasteiger partial charge in [-0.05, 0) is 0 Å². The number of aliphatic hydroxyl groups excluding tert-OH is 3. The fraction of sp³-hybridized carbons (Fsp3) is 0.833. The summed E-state index contributed by atoms with van der Waals surface area (Å²) in [4.78, 5) is 0. The lowest BCUT2D eigenvalue weighted by Gasteiger charge is -2.26. The molecule has 0 fully saturated rings. The average Bonchev–Trinajstić information content (AvgIpc) is 2.31. The maximum Gasteiger partial charge on any atom is 0.0771 e. The van der Waals surface area contributed by atoms with Crippen molar-refractivity contribution in [3.63, 3.8) is 0 Å². The van der Waals surface area contributed by atoms with E-state index >= 15 is 0 Å². The monoisotopic (exact) mass is 284 g/mol. The Morgan fingerprint density at radius 2 is 1.18 bits per heavy atom. The predicted molar refractivity (Wildman–Crippen MR) is 71.7 cm³/mol. The average molecular weight is 285 g/mol. The van der Waals surface area contributed by atoms with Crippen LogP contribution < -0.4 is 12.4 Å². The van der Waals surface area contributed by atoms with Gasteiger partial charge in [-0.1, -0.05) is 12.7 Å². The summed E-state index contributed by atoms with van der Waals surface area (Å²) < 4.78 is 0. The van der Waals surface area contributed by atoms with Gasteiger partial charge in [0.15, 0.2) is 0 Å². The standard InChI is InChI=1S/C12H26O3P.ClH/c1-2-9-16(10-3-6-13,11-4-7-14)12-5-8-15;/h2,13-15H,1,3-12H2;1H/q+1;/p-1. The van der Waals surface area contributed by atoms with Gasteiger partial charge >= 0.3 is 0 Å². The van der Waals surface area contributed by atoms with Gasteiger partial charge in [0.1, 0.15) is 0 Å². The van der Waals surface area contributed by atoms with E-state index in [0.717, 1.165) is 43.9 Å². The Morgan fingerprint density at radius 1 is 0.824 bits per heavy atom. The Hall–Kier alpha value is 0.340. The van der Waals surface area contributed by atoms with Gasteiger partial charge in [0, 0.05) is 46.3 Å². The van der Waals surface area contributed by atoms with Gasteiger partial charge in [-0.2, -0.15) is 0 Å². The van der Waals surface area contributed by atoms with Gasteiger partial charge in [0.2, 0.25) is 0 Å². The van der Waals surface area contributed by atoms with Crippen LogP contribution in [0.15, 0.2) is 12.7 Å². The zero-order chi connectivity index (χ0) is 12.3. The highest BCUT2D eigenvalue weighted by molar-refractivity contribution is 7.76. The molecule has 0 saturated heterocycles. The molecule has 0 aliphatic rings. The maximum absolute atomic E-state index is 8.94. The lowest BCUT2D eigenvalue weighted by molar-refractivity contribution is -0.00000671. The molecule has 0 aliphatic carbocycles. The summed E-state index contributed by atoms with van der Waals surface area (Å²) in [5.41, 5.74) is 0. The molecule has 0 rings (SSSR count). The minimum Gasteiger partial charge on any atom is -1.00 e. The van der Waals surface area contributed by atoms with Crippen LogP contribution in [-0.4, -0.2) is 59.8 Å². The number of hydrogen-bond acceptors (Lipinski definition) is 3. The van der Waals surface area contributed by atoms with Crippen molar-refractivity contribution in [2.45, 2.75) is 19.3 Å². The molecule has 0 radical (unpaired) electrons. The summed E-state index contributed by atoms with van der Waals surface area (Å²) in [6.07, 6.45) is 8.61. The van der Waals surface area contributed by atoms with E-state index in [9.17, 15) is 0 Å². The molecule has 3 N–H and O–H groups in total. The zero-order valence-corrected chi connectivity index (χ0v) is 12.2. The first-order valence-corrected chi connectivity index (χ1v) is 8.56. The van der Waals surface area contributed by atoms with Crippen LogP contribution in [0.1, 0.15) is 19.3 Å². The molecule has 0 bridgehead atoms. The first-order valence-electron chi connectivity index (χ1n) is 6.03. The fourth-order valence-electron chi connectivity index (χ4n) is 2.10. The van der Waals surface area contributed by atoms with Crippen LogP contribution in [0.5, 0.6) is 0 Å². The number of rotatable bonds is 11. The molecule has 0 atom stereocenters. The van der Waals surface area contributed by atoms with Crippen molar-refractivity contribution in [2.24, 2.45) is 0 Å². The topological polar surface area (TPSA) is 60.7 Å². The number of aliphatic hydroxyl groups is 3. The predicted octanol–water partition coefficient (Wildman–Crippen LogP) is -1.66. The second-order valence-corrected chi connectivity index (χ2v) is 8.61. The highest BCUT2D eigenvalue weighted by Crippen LogP contribution is 2.60. The van der Waals surface area contributed by atoms with Crippen LogP contribution in [0, 0.1) is 0 Å². The van der Waals surface area contributed by atoms with Crippen LogP contribution in [0.25, 0.3) is 0 Å². The zero-order valence-electron chi connectivity index (χ0n) is 10.5. The Bertz CT molecular complexity index is 157. The van der Waals surface area contributed by atoms with Gasteiger partial charge in [-0.3, -0.25) is 0 Å². The van der Waals surface area contributed by atoms with Crippen molar-refractivity contribution >= 4 is 7.26 Å². The number of hydrogen-bond donors (Lipinski definition) is 3. The number of halogens is 1. The molecular formula is C12H26ClO3P. The van der Waals surface area contributed by atoms with E-state index < -0.39 is 7.26 Å². The Kier molecular flexibility index (Phi) is 14.8. The molecule has 0 aromatic carbocycles. The van der Waals surface area contributed by atoms with E-state index in [-0.39, 0.29) is 32.2 Å². The molecule has 0 saturated carbocycles. The van der Waals surface area contributed by atoms with Gasteiger partial charge < -0.3 is 27.7 Å². The van der Waals surface area contributed by atoms with Gasteiger partial charge in [0.25, 0.3) is 0 Å². The van der Waals surface area contributed by atoms with Crippen molar-refractivity contribution in [1.29, 1.82) is 0 Å². The molecule has 0 aliphatic heterocycles. The van der Waals surface area contributed by atoms with Crippen LogP contribution in [0.3, 0.4) is 0 Å². The molecular weight excluding hydrogens is 259 g/mol. The summed E-state index contributed by atoms with van der Waals surface area (Å²) >= 11 is 0. The van der Waals surface area contributed by atoms with Crippen molar-refractivity contribution in [3.05, 3.63) is 12.7 Å². The molecule has 17 heavy (non-hydrogen) atoms. The van der Waals surface area contributed by atoms with E-state index in [1.54, 1.807) is 0 Å². The smallest absolute Gasteiger partial charge is 0.0771 e. The van der Waals surface area contributed by atoms with E-state index in [1.807, 2.05) is 6.08 Å². The molecule has 0 spiro atoms. The second-order valence-electron chi connectivity index (χ2n) is 4.22. The molecule has 104 valence electrons. The van der Waals surface area contributed by atoms with Crippen molar-refractivity contribution in [2.75, 3.05) is 44.5 Å². The first kappa shape index (κ1) is 19.7. The lowest BCUT2D eigenvalue weighted by Crippen LogP contribution is -3.00. The Morgan fingerprint density at radius 3 is 1.41 bits per heavy atom. The van der Waals surface area contributed by atoms with Crippen molar-refractivity contribution < 1.29 is 27.7 Å². The van der Waals surface area contributed by atoms with Crippen molar-refractivity contribution in [1.82, 2.24) is 0 Å². The second kappa shape index (κ2) is 12.8. The molecule has 3 nitrogen and oxygen atoms in total. The van der Waals surface area contributed by atoms with E-state index in [2.05, 4.69) is 6.58 Å². The summed E-state index contributed by atoms with van der Waals surface area (Å²) in [6.45, 7) is 4.51. The molecule has 0 aromatic heterocycles. The largest absolute Gasteiger partial charge is 1.00 e. The summed E-state index contributed by atoms with van der Waals surface area (Å²) in [5, 5.41) is 26.8. The Labute approximate surface area is 112 Å². The summed E-state index contributed by atoms with van der Waals surface area (Å²) in [7, 11) is -1.14. The van der Waals surface area contributed by atoms with Crippen LogP contribution >= 0.6 is 7.26 Å².